The summed E-state index contributed by atoms with van der Waals surface area (Å²) in [5.41, 5.74) is 2.28. The van der Waals surface area contributed by atoms with Crippen molar-refractivity contribution in [3.8, 4) is 11.5 Å². The van der Waals surface area contributed by atoms with Crippen LogP contribution in [0.5, 0.6) is 11.5 Å². The van der Waals surface area contributed by atoms with E-state index in [9.17, 15) is 0 Å². The highest BCUT2D eigenvalue weighted by Gasteiger charge is 2.21. The molecule has 0 spiro atoms. The minimum absolute atomic E-state index is 0.654. The molecule has 0 saturated heterocycles. The maximum absolute atomic E-state index is 6.30. The van der Waals surface area contributed by atoms with E-state index in [1.165, 1.54) is 18.4 Å². The number of para-hydroxylation sites is 1. The maximum atomic E-state index is 6.30. The van der Waals surface area contributed by atoms with E-state index in [0.717, 1.165) is 23.6 Å². The van der Waals surface area contributed by atoms with E-state index in [1.54, 1.807) is 0 Å². The van der Waals surface area contributed by atoms with Gasteiger partial charge in [0.2, 0.25) is 0 Å². The fourth-order valence-corrected chi connectivity index (χ4v) is 2.38. The van der Waals surface area contributed by atoms with Gasteiger partial charge in [-0.15, -0.1) is 0 Å². The first-order valence-corrected chi connectivity index (χ1v) is 7.35. The predicted octanol–water partition coefficient (Wildman–Crippen LogP) is 4.69. The van der Waals surface area contributed by atoms with Crippen molar-refractivity contribution in [1.82, 2.24) is 5.32 Å². The van der Waals surface area contributed by atoms with Gasteiger partial charge in [0, 0.05) is 18.2 Å². The summed E-state index contributed by atoms with van der Waals surface area (Å²) in [7, 11) is 0. The third-order valence-corrected chi connectivity index (χ3v) is 3.71. The van der Waals surface area contributed by atoms with Gasteiger partial charge in [0.15, 0.2) is 0 Å². The van der Waals surface area contributed by atoms with Crippen LogP contribution in [0.15, 0.2) is 42.5 Å². The molecule has 0 aromatic heterocycles. The summed E-state index contributed by atoms with van der Waals surface area (Å²) in [6.45, 7) is 2.85. The Morgan fingerprint density at radius 3 is 2.75 bits per heavy atom. The summed E-state index contributed by atoms with van der Waals surface area (Å²) in [6, 6.07) is 14.6. The van der Waals surface area contributed by atoms with Crippen molar-refractivity contribution in [2.75, 3.05) is 0 Å². The van der Waals surface area contributed by atoms with Crippen LogP contribution >= 0.6 is 11.6 Å². The van der Waals surface area contributed by atoms with Gasteiger partial charge in [0.05, 0.1) is 5.02 Å². The quantitative estimate of drug-likeness (QED) is 0.861. The molecule has 0 radical (unpaired) electrons. The summed E-state index contributed by atoms with van der Waals surface area (Å²) in [5.74, 6) is 1.58. The molecule has 104 valence electrons. The van der Waals surface area contributed by atoms with Crippen LogP contribution < -0.4 is 10.1 Å². The van der Waals surface area contributed by atoms with Crippen molar-refractivity contribution in [1.29, 1.82) is 0 Å². The van der Waals surface area contributed by atoms with Crippen LogP contribution in [-0.2, 0) is 6.54 Å². The van der Waals surface area contributed by atoms with Crippen molar-refractivity contribution in [2.24, 2.45) is 0 Å². The smallest absolute Gasteiger partial charge is 0.150 e. The van der Waals surface area contributed by atoms with Crippen molar-refractivity contribution in [3.63, 3.8) is 0 Å². The molecule has 0 atom stereocenters. The molecular weight excluding hydrogens is 270 g/mol. The molecule has 1 saturated carbocycles. The zero-order valence-corrected chi connectivity index (χ0v) is 12.3. The molecule has 0 bridgehead atoms. The Hall–Kier alpha value is -1.51. The summed E-state index contributed by atoms with van der Waals surface area (Å²) < 4.78 is 6.00. The Morgan fingerprint density at radius 1 is 1.20 bits per heavy atom. The Balaban J connectivity index is 1.82. The van der Waals surface area contributed by atoms with Crippen LogP contribution in [0.4, 0.5) is 0 Å². The molecule has 2 nitrogen and oxygen atoms in total. The van der Waals surface area contributed by atoms with Crippen molar-refractivity contribution in [2.45, 2.75) is 32.4 Å². The minimum Gasteiger partial charge on any atom is -0.455 e. The first kappa shape index (κ1) is 13.5. The Bertz CT molecular complexity index is 608. The average Bonchev–Trinajstić information content (AvgIpc) is 3.24. The number of ether oxygens (including phenoxy) is 1. The third kappa shape index (κ3) is 3.33. The molecule has 1 fully saturated rings. The van der Waals surface area contributed by atoms with Crippen LogP contribution in [0.2, 0.25) is 5.02 Å². The first-order chi connectivity index (χ1) is 9.72. The highest BCUT2D eigenvalue weighted by Crippen LogP contribution is 2.33. The lowest BCUT2D eigenvalue weighted by molar-refractivity contribution is 0.472. The van der Waals surface area contributed by atoms with Gasteiger partial charge >= 0.3 is 0 Å². The van der Waals surface area contributed by atoms with Gasteiger partial charge in [-0.05, 0) is 43.5 Å². The number of aryl methyl sites for hydroxylation is 1. The maximum Gasteiger partial charge on any atom is 0.150 e. The van der Waals surface area contributed by atoms with Crippen molar-refractivity contribution < 1.29 is 4.74 Å². The zero-order chi connectivity index (χ0) is 13.9. The second-order valence-corrected chi connectivity index (χ2v) is 5.71. The molecule has 0 heterocycles. The molecule has 2 aromatic rings. The van der Waals surface area contributed by atoms with Gasteiger partial charge in [0.25, 0.3) is 0 Å². The fourth-order valence-electron chi connectivity index (χ4n) is 2.15. The number of hydrogen-bond donors (Lipinski definition) is 1. The lowest BCUT2D eigenvalue weighted by Gasteiger charge is -2.13. The van der Waals surface area contributed by atoms with Crippen LogP contribution in [-0.4, -0.2) is 6.04 Å². The number of benzene rings is 2. The van der Waals surface area contributed by atoms with Gasteiger partial charge in [-0.25, -0.2) is 0 Å². The van der Waals surface area contributed by atoms with Crippen LogP contribution in [0, 0.1) is 6.92 Å². The van der Waals surface area contributed by atoms with E-state index in [2.05, 4.69) is 24.4 Å². The molecule has 3 heteroatoms. The summed E-state index contributed by atoms with van der Waals surface area (Å²) in [4.78, 5) is 0. The molecule has 0 unspecified atom stereocenters. The third-order valence-electron chi connectivity index (χ3n) is 3.42. The van der Waals surface area contributed by atoms with Crippen molar-refractivity contribution in [3.05, 3.63) is 58.6 Å². The monoisotopic (exact) mass is 287 g/mol. The normalized spacial score (nSPS) is 14.3. The SMILES string of the molecule is Cc1cccc(Oc2c(Cl)cccc2CNC2CC2)c1. The highest BCUT2D eigenvalue weighted by atomic mass is 35.5. The van der Waals surface area contributed by atoms with E-state index >= 15 is 0 Å². The zero-order valence-electron chi connectivity index (χ0n) is 11.5. The molecular formula is C17H18ClNO. The Kier molecular flexibility index (Phi) is 3.95. The van der Waals surface area contributed by atoms with E-state index in [1.807, 2.05) is 30.3 Å². The van der Waals surface area contributed by atoms with Crippen LogP contribution in [0.3, 0.4) is 0 Å². The number of rotatable bonds is 5. The number of hydrogen-bond acceptors (Lipinski definition) is 2. The highest BCUT2D eigenvalue weighted by molar-refractivity contribution is 6.32. The van der Waals surface area contributed by atoms with E-state index in [-0.39, 0.29) is 0 Å². The predicted molar refractivity (Wildman–Crippen MR) is 82.6 cm³/mol. The largest absolute Gasteiger partial charge is 0.455 e. The minimum atomic E-state index is 0.654. The Morgan fingerprint density at radius 2 is 2.00 bits per heavy atom. The molecule has 2 aromatic carbocycles. The molecule has 1 aliphatic rings. The molecule has 20 heavy (non-hydrogen) atoms. The lowest BCUT2D eigenvalue weighted by Crippen LogP contribution is -2.15. The van der Waals surface area contributed by atoms with Crippen LogP contribution in [0.1, 0.15) is 24.0 Å². The van der Waals surface area contributed by atoms with E-state index in [4.69, 9.17) is 16.3 Å². The molecule has 1 aliphatic carbocycles. The standard InChI is InChI=1S/C17H18ClNO/c1-12-4-2-6-15(10-12)20-17-13(5-3-7-16(17)18)11-19-14-8-9-14/h2-7,10,14,19H,8-9,11H2,1H3. The van der Waals surface area contributed by atoms with E-state index < -0.39 is 0 Å². The van der Waals surface area contributed by atoms with Gasteiger partial charge < -0.3 is 10.1 Å². The lowest BCUT2D eigenvalue weighted by atomic mass is 10.2. The molecule has 1 N–H and O–H groups in total. The summed E-state index contributed by atoms with van der Waals surface area (Å²) >= 11 is 6.30. The molecule has 3 rings (SSSR count). The van der Waals surface area contributed by atoms with Crippen molar-refractivity contribution >= 4 is 11.6 Å². The first-order valence-electron chi connectivity index (χ1n) is 6.97. The van der Waals surface area contributed by atoms with Gasteiger partial charge in [-0.2, -0.15) is 0 Å². The van der Waals surface area contributed by atoms with Gasteiger partial charge in [-0.3, -0.25) is 0 Å². The second kappa shape index (κ2) is 5.86. The summed E-state index contributed by atoms with van der Waals surface area (Å²) in [5, 5.41) is 4.15. The van der Waals surface area contributed by atoms with E-state index in [0.29, 0.717) is 11.1 Å². The second-order valence-electron chi connectivity index (χ2n) is 5.30. The number of nitrogens with one attached hydrogen (secondary N) is 1. The molecule has 0 amide bonds. The Labute approximate surface area is 124 Å². The van der Waals surface area contributed by atoms with Gasteiger partial charge in [-0.1, -0.05) is 35.9 Å². The average molecular weight is 288 g/mol. The van der Waals surface area contributed by atoms with Crippen LogP contribution in [0.25, 0.3) is 0 Å². The van der Waals surface area contributed by atoms with Gasteiger partial charge in [0.1, 0.15) is 11.5 Å². The fraction of sp³-hybridized carbons (Fsp3) is 0.294. The number of halogens is 1. The summed E-state index contributed by atoms with van der Waals surface area (Å²) in [6.07, 6.45) is 2.54. The molecule has 0 aliphatic heterocycles. The topological polar surface area (TPSA) is 21.3 Å².